The van der Waals surface area contributed by atoms with Crippen molar-refractivity contribution in [2.45, 2.75) is 32.9 Å². The third-order valence-corrected chi connectivity index (χ3v) is 7.18. The van der Waals surface area contributed by atoms with Crippen LogP contribution in [0.1, 0.15) is 52.4 Å². The van der Waals surface area contributed by atoms with E-state index in [-0.39, 0.29) is 11.8 Å². The Morgan fingerprint density at radius 3 is 2.39 bits per heavy atom. The molecule has 0 atom stereocenters. The summed E-state index contributed by atoms with van der Waals surface area (Å²) in [5.74, 6) is -0.455. The van der Waals surface area contributed by atoms with Gasteiger partial charge in [-0.25, -0.2) is 0 Å². The third kappa shape index (κ3) is 7.04. The van der Waals surface area contributed by atoms with Gasteiger partial charge in [-0.1, -0.05) is 79.5 Å². The molecule has 0 spiro atoms. The zero-order chi connectivity index (χ0) is 28.6. The van der Waals surface area contributed by atoms with Crippen LogP contribution < -0.4 is 21.3 Å². The minimum absolute atomic E-state index is 0.223. The second-order valence-corrected chi connectivity index (χ2v) is 10.4. The Hall–Kier alpha value is -4.39. The number of amides is 2. The second kappa shape index (κ2) is 13.3. The van der Waals surface area contributed by atoms with Crippen LogP contribution in [0.15, 0.2) is 97.1 Å². The van der Waals surface area contributed by atoms with E-state index >= 15 is 0 Å². The first-order valence-corrected chi connectivity index (χ1v) is 14.2. The summed E-state index contributed by atoms with van der Waals surface area (Å²) in [5.41, 5.74) is 6.80. The number of fused-ring (bicyclic) bond motifs is 1. The molecule has 6 nitrogen and oxygen atoms in total. The van der Waals surface area contributed by atoms with Crippen molar-refractivity contribution in [3.63, 3.8) is 0 Å². The lowest BCUT2D eigenvalue weighted by molar-refractivity contribution is -0.110. The van der Waals surface area contributed by atoms with Gasteiger partial charge in [-0.05, 0) is 72.1 Å². The van der Waals surface area contributed by atoms with Crippen LogP contribution in [0, 0.1) is 0 Å². The van der Waals surface area contributed by atoms with Gasteiger partial charge in [0.1, 0.15) is 0 Å². The van der Waals surface area contributed by atoms with Gasteiger partial charge in [0.25, 0.3) is 11.8 Å². The smallest absolute Gasteiger partial charge is 0.258 e. The van der Waals surface area contributed by atoms with Crippen molar-refractivity contribution in [1.29, 1.82) is 0 Å². The van der Waals surface area contributed by atoms with E-state index in [0.717, 1.165) is 36.3 Å². The molecule has 0 unspecified atom stereocenters. The molecule has 0 saturated heterocycles. The number of benzene rings is 4. The van der Waals surface area contributed by atoms with Crippen molar-refractivity contribution < 1.29 is 9.59 Å². The molecule has 41 heavy (non-hydrogen) atoms. The Labute approximate surface area is 245 Å². The Morgan fingerprint density at radius 1 is 0.829 bits per heavy atom. The Morgan fingerprint density at radius 2 is 1.63 bits per heavy atom. The highest BCUT2D eigenvalue weighted by molar-refractivity contribution is 6.37. The summed E-state index contributed by atoms with van der Waals surface area (Å²) in [6, 6.07) is 30.6. The van der Waals surface area contributed by atoms with E-state index in [2.05, 4.69) is 40.3 Å². The van der Waals surface area contributed by atoms with Crippen molar-refractivity contribution in [2.75, 3.05) is 17.2 Å². The van der Waals surface area contributed by atoms with Crippen LogP contribution in [0.4, 0.5) is 11.4 Å². The fraction of sp³-hybridized carbons (Fsp3) is 0.176. The fourth-order valence-corrected chi connectivity index (χ4v) is 4.97. The molecule has 2 amide bonds. The Bertz CT molecular complexity index is 1570. The summed E-state index contributed by atoms with van der Waals surface area (Å²) in [5, 5.41) is 13.5. The molecule has 4 aromatic rings. The fourth-order valence-electron chi connectivity index (χ4n) is 4.76. The molecule has 4 aromatic carbocycles. The summed E-state index contributed by atoms with van der Waals surface area (Å²) in [7, 11) is 0. The number of carbonyl (C=O) groups is 2. The summed E-state index contributed by atoms with van der Waals surface area (Å²) < 4.78 is 0. The van der Waals surface area contributed by atoms with E-state index in [1.807, 2.05) is 60.7 Å². The first-order chi connectivity index (χ1) is 20.0. The van der Waals surface area contributed by atoms with E-state index in [4.69, 9.17) is 11.6 Å². The van der Waals surface area contributed by atoms with Crippen molar-refractivity contribution in [3.05, 3.63) is 130 Å². The number of halogens is 1. The van der Waals surface area contributed by atoms with E-state index in [0.29, 0.717) is 39.7 Å². The van der Waals surface area contributed by atoms with Crippen molar-refractivity contribution in [3.8, 4) is 0 Å². The molecule has 0 aliphatic carbocycles. The van der Waals surface area contributed by atoms with E-state index in [1.165, 1.54) is 12.0 Å². The number of nitrogens with one attached hydrogen (secondary N) is 4. The molecule has 4 N–H and O–H groups in total. The number of unbranched alkanes of at least 4 members (excludes halogenated alkanes) is 1. The first-order valence-electron chi connectivity index (χ1n) is 13.9. The lowest BCUT2D eigenvalue weighted by Crippen LogP contribution is -2.22. The second-order valence-electron chi connectivity index (χ2n) is 10.00. The van der Waals surface area contributed by atoms with Gasteiger partial charge >= 0.3 is 0 Å². The number of rotatable bonds is 11. The maximum absolute atomic E-state index is 13.4. The SMILES string of the molecule is CCCCNCc1ccc(N/C(=C2\C(=O)Nc3ccc(C(=O)NCc4cccc(Cl)c4)cc32)c2ccccc2)cc1. The van der Waals surface area contributed by atoms with Gasteiger partial charge in [0.15, 0.2) is 0 Å². The molecular formula is C34H33ClN4O2. The topological polar surface area (TPSA) is 82.3 Å². The lowest BCUT2D eigenvalue weighted by Gasteiger charge is -2.15. The highest BCUT2D eigenvalue weighted by Gasteiger charge is 2.29. The molecule has 1 heterocycles. The lowest BCUT2D eigenvalue weighted by atomic mass is 9.98. The van der Waals surface area contributed by atoms with E-state index in [9.17, 15) is 9.59 Å². The maximum Gasteiger partial charge on any atom is 0.258 e. The summed E-state index contributed by atoms with van der Waals surface area (Å²) >= 11 is 6.08. The number of carbonyl (C=O) groups excluding carboxylic acids is 2. The van der Waals surface area contributed by atoms with Gasteiger partial charge in [0.2, 0.25) is 0 Å². The molecule has 0 fully saturated rings. The molecular weight excluding hydrogens is 532 g/mol. The standard InChI is InChI=1S/C34H33ClN4O2/c1-2-3-18-36-21-23-12-15-28(16-13-23)38-32(25-9-5-4-6-10-25)31-29-20-26(14-17-30(29)39-34(31)41)33(40)37-22-24-8-7-11-27(35)19-24/h4-17,19-20,36,38H,2-3,18,21-22H2,1H3,(H,37,40)(H,39,41)/b32-31-. The summed E-state index contributed by atoms with van der Waals surface area (Å²) in [6.45, 7) is 4.33. The monoisotopic (exact) mass is 564 g/mol. The van der Waals surface area contributed by atoms with Crippen LogP contribution >= 0.6 is 11.6 Å². The van der Waals surface area contributed by atoms with Gasteiger partial charge < -0.3 is 21.3 Å². The van der Waals surface area contributed by atoms with E-state index in [1.54, 1.807) is 24.3 Å². The quantitative estimate of drug-likeness (QED) is 0.116. The molecule has 0 bridgehead atoms. The number of hydrogen-bond acceptors (Lipinski definition) is 4. The molecule has 1 aliphatic heterocycles. The van der Waals surface area contributed by atoms with Crippen LogP contribution in [-0.2, 0) is 17.9 Å². The predicted octanol–water partition coefficient (Wildman–Crippen LogP) is 7.09. The van der Waals surface area contributed by atoms with Gasteiger partial charge in [0, 0.05) is 40.6 Å². The predicted molar refractivity (Wildman–Crippen MR) is 168 cm³/mol. The number of anilines is 2. The molecule has 5 rings (SSSR count). The molecule has 7 heteroatoms. The minimum Gasteiger partial charge on any atom is -0.354 e. The van der Waals surface area contributed by atoms with Gasteiger partial charge in [-0.2, -0.15) is 0 Å². The largest absolute Gasteiger partial charge is 0.354 e. The van der Waals surface area contributed by atoms with Crippen molar-refractivity contribution in [2.24, 2.45) is 0 Å². The minimum atomic E-state index is -0.233. The van der Waals surface area contributed by atoms with Crippen molar-refractivity contribution in [1.82, 2.24) is 10.6 Å². The highest BCUT2D eigenvalue weighted by atomic mass is 35.5. The van der Waals surface area contributed by atoms with Gasteiger partial charge in [-0.15, -0.1) is 0 Å². The first kappa shape index (κ1) is 28.1. The van der Waals surface area contributed by atoms with Crippen LogP contribution in [0.25, 0.3) is 11.3 Å². The molecule has 208 valence electrons. The summed E-state index contributed by atoms with van der Waals surface area (Å²) in [6.07, 6.45) is 2.32. The zero-order valence-corrected chi connectivity index (χ0v) is 23.7. The van der Waals surface area contributed by atoms with Crippen molar-refractivity contribution >= 4 is 46.1 Å². The molecule has 1 aliphatic rings. The molecule has 0 radical (unpaired) electrons. The Kier molecular flexibility index (Phi) is 9.14. The maximum atomic E-state index is 13.4. The van der Waals surface area contributed by atoms with Gasteiger partial charge in [-0.3, -0.25) is 9.59 Å². The van der Waals surface area contributed by atoms with Gasteiger partial charge in [0.05, 0.1) is 11.3 Å². The molecule has 0 aromatic heterocycles. The Balaban J connectivity index is 1.43. The van der Waals surface area contributed by atoms with Crippen LogP contribution in [0.3, 0.4) is 0 Å². The highest BCUT2D eigenvalue weighted by Crippen LogP contribution is 2.38. The van der Waals surface area contributed by atoms with Crippen LogP contribution in [-0.4, -0.2) is 18.4 Å². The normalized spacial score (nSPS) is 13.4. The number of hydrogen-bond donors (Lipinski definition) is 4. The average molecular weight is 565 g/mol. The average Bonchev–Trinajstić information content (AvgIpc) is 3.32. The van der Waals surface area contributed by atoms with Crippen LogP contribution in [0.5, 0.6) is 0 Å². The molecule has 0 saturated carbocycles. The summed E-state index contributed by atoms with van der Waals surface area (Å²) in [4.78, 5) is 26.4. The van der Waals surface area contributed by atoms with E-state index < -0.39 is 0 Å². The van der Waals surface area contributed by atoms with Crippen LogP contribution in [0.2, 0.25) is 5.02 Å². The third-order valence-electron chi connectivity index (χ3n) is 6.94. The zero-order valence-electron chi connectivity index (χ0n) is 23.0.